The smallest absolute Gasteiger partial charge is 0.313 e. The maximum atomic E-state index is 5.84. The highest BCUT2D eigenvalue weighted by Crippen LogP contribution is 2.45. The fraction of sp³-hybridized carbons (Fsp3) is 1.00. The van der Waals surface area contributed by atoms with Crippen LogP contribution in [0.15, 0.2) is 0 Å². The van der Waals surface area contributed by atoms with E-state index in [1.54, 1.807) is 11.8 Å². The molecular formula is C12H28O6P2S. The van der Waals surface area contributed by atoms with Gasteiger partial charge in [-0.1, -0.05) is 6.92 Å². The summed E-state index contributed by atoms with van der Waals surface area (Å²) in [4.78, 5) is 0. The van der Waals surface area contributed by atoms with Crippen LogP contribution in [0.2, 0.25) is 0 Å². The predicted octanol–water partition coefficient (Wildman–Crippen LogP) is 4.70. The zero-order chi connectivity index (χ0) is 15.9. The number of hydrogen-bond donors (Lipinski definition) is 0. The Kier molecular flexibility index (Phi) is 16.6. The molecule has 0 aromatic heterocycles. The lowest BCUT2D eigenvalue weighted by molar-refractivity contribution is 0.111. The third-order valence-electron chi connectivity index (χ3n) is 1.81. The molecule has 9 heteroatoms. The quantitative estimate of drug-likeness (QED) is 0.309. The van der Waals surface area contributed by atoms with E-state index in [-0.39, 0.29) is 5.44 Å². The monoisotopic (exact) mass is 362 g/mol. The normalized spacial score (nSPS) is 13.3. The van der Waals surface area contributed by atoms with Gasteiger partial charge in [-0.05, 0) is 33.4 Å². The van der Waals surface area contributed by atoms with Gasteiger partial charge in [0, 0.05) is 0 Å². The molecule has 0 aliphatic carbocycles. The van der Waals surface area contributed by atoms with E-state index >= 15 is 0 Å². The molecule has 21 heavy (non-hydrogen) atoms. The van der Waals surface area contributed by atoms with Crippen molar-refractivity contribution in [3.8, 4) is 0 Å². The Balaban J connectivity index is 4.30. The third-order valence-corrected chi connectivity index (χ3v) is 5.55. The molecule has 0 aromatic carbocycles. The van der Waals surface area contributed by atoms with Crippen LogP contribution < -0.4 is 0 Å². The Morgan fingerprint density at radius 3 is 1.62 bits per heavy atom. The van der Waals surface area contributed by atoms with Crippen molar-refractivity contribution >= 4 is 29.0 Å². The third kappa shape index (κ3) is 12.1. The molecule has 0 rings (SSSR count). The molecule has 0 aliphatic rings. The SMILES string of the molecule is CCOP(OCC)OCC(OP(OCC)OCC)SCC. The minimum atomic E-state index is -1.33. The van der Waals surface area contributed by atoms with Crippen LogP contribution in [0.3, 0.4) is 0 Å². The summed E-state index contributed by atoms with van der Waals surface area (Å²) < 4.78 is 33.2. The van der Waals surface area contributed by atoms with E-state index in [1.807, 2.05) is 27.7 Å². The van der Waals surface area contributed by atoms with Crippen molar-refractivity contribution < 1.29 is 27.1 Å². The highest BCUT2D eigenvalue weighted by molar-refractivity contribution is 7.99. The lowest BCUT2D eigenvalue weighted by Crippen LogP contribution is -2.15. The molecule has 0 saturated carbocycles. The van der Waals surface area contributed by atoms with E-state index in [1.165, 1.54) is 0 Å². The average Bonchev–Trinajstić information content (AvgIpc) is 2.45. The molecular weight excluding hydrogens is 334 g/mol. The molecule has 0 fully saturated rings. The van der Waals surface area contributed by atoms with Crippen molar-refractivity contribution in [2.75, 3.05) is 38.8 Å². The Hall–Kier alpha value is 0.970. The van der Waals surface area contributed by atoms with E-state index in [4.69, 9.17) is 27.1 Å². The molecule has 0 heterocycles. The van der Waals surface area contributed by atoms with Crippen LogP contribution in [0.4, 0.5) is 0 Å². The molecule has 1 atom stereocenters. The highest BCUT2D eigenvalue weighted by Gasteiger charge is 2.22. The molecule has 128 valence electrons. The van der Waals surface area contributed by atoms with Crippen LogP contribution in [-0.4, -0.2) is 44.2 Å². The maximum absolute atomic E-state index is 5.84. The standard InChI is InChI=1S/C12H28O6P2S/c1-6-13-19(14-7-2)17-11-12(21-10-5)18-20(15-8-3)16-9-4/h12H,6-11H2,1-5H3. The molecule has 0 aliphatic heterocycles. The van der Waals surface area contributed by atoms with E-state index in [9.17, 15) is 0 Å². The summed E-state index contributed by atoms with van der Waals surface area (Å²) in [5.74, 6) is 0.913. The van der Waals surface area contributed by atoms with Gasteiger partial charge in [-0.25, -0.2) is 0 Å². The summed E-state index contributed by atoms with van der Waals surface area (Å²) >= 11 is 1.64. The Morgan fingerprint density at radius 1 is 0.714 bits per heavy atom. The van der Waals surface area contributed by atoms with Gasteiger partial charge in [-0.3, -0.25) is 4.52 Å². The summed E-state index contributed by atoms with van der Waals surface area (Å²) in [5.41, 5.74) is -0.162. The summed E-state index contributed by atoms with van der Waals surface area (Å²) in [6, 6.07) is 0. The summed E-state index contributed by atoms with van der Waals surface area (Å²) in [7, 11) is -2.65. The maximum Gasteiger partial charge on any atom is 0.333 e. The number of thioether (sulfide) groups is 1. The van der Waals surface area contributed by atoms with E-state index in [2.05, 4.69) is 6.92 Å². The number of hydrogen-bond acceptors (Lipinski definition) is 7. The Labute approximate surface area is 135 Å². The zero-order valence-electron chi connectivity index (χ0n) is 13.6. The van der Waals surface area contributed by atoms with Gasteiger partial charge < -0.3 is 22.6 Å². The van der Waals surface area contributed by atoms with E-state index in [0.717, 1.165) is 5.75 Å². The Morgan fingerprint density at radius 2 is 1.19 bits per heavy atom. The van der Waals surface area contributed by atoms with Crippen LogP contribution >= 0.6 is 29.0 Å². The first-order valence-corrected chi connectivity index (χ1v) is 10.5. The average molecular weight is 362 g/mol. The van der Waals surface area contributed by atoms with Gasteiger partial charge in [0.05, 0.1) is 33.0 Å². The first-order chi connectivity index (χ1) is 10.2. The molecule has 0 bridgehead atoms. The second-order valence-electron chi connectivity index (χ2n) is 3.40. The molecule has 0 saturated heterocycles. The van der Waals surface area contributed by atoms with Crippen LogP contribution in [0.5, 0.6) is 0 Å². The van der Waals surface area contributed by atoms with E-state index in [0.29, 0.717) is 33.0 Å². The fourth-order valence-corrected chi connectivity index (χ4v) is 4.01. The van der Waals surface area contributed by atoms with Gasteiger partial charge in [-0.2, -0.15) is 0 Å². The lowest BCUT2D eigenvalue weighted by Gasteiger charge is -2.23. The molecule has 0 radical (unpaired) electrons. The minimum Gasteiger partial charge on any atom is -0.313 e. The topological polar surface area (TPSA) is 55.4 Å². The van der Waals surface area contributed by atoms with Gasteiger partial charge >= 0.3 is 17.2 Å². The van der Waals surface area contributed by atoms with Gasteiger partial charge in [0.2, 0.25) is 0 Å². The van der Waals surface area contributed by atoms with Crippen molar-refractivity contribution in [1.29, 1.82) is 0 Å². The van der Waals surface area contributed by atoms with E-state index < -0.39 is 17.2 Å². The lowest BCUT2D eigenvalue weighted by atomic mass is 10.8. The highest BCUT2D eigenvalue weighted by atomic mass is 32.2. The van der Waals surface area contributed by atoms with Gasteiger partial charge in [-0.15, -0.1) is 11.8 Å². The van der Waals surface area contributed by atoms with Gasteiger partial charge in [0.1, 0.15) is 5.44 Å². The molecule has 0 spiro atoms. The van der Waals surface area contributed by atoms with Crippen molar-refractivity contribution in [1.82, 2.24) is 0 Å². The molecule has 0 N–H and O–H groups in total. The summed E-state index contributed by atoms with van der Waals surface area (Å²) in [6.45, 7) is 12.3. The first-order valence-electron chi connectivity index (χ1n) is 7.24. The molecule has 6 nitrogen and oxygen atoms in total. The summed E-state index contributed by atoms with van der Waals surface area (Å²) in [6.07, 6.45) is 0. The molecule has 0 aromatic rings. The minimum absolute atomic E-state index is 0.162. The number of rotatable bonds is 15. The van der Waals surface area contributed by atoms with Crippen molar-refractivity contribution in [3.63, 3.8) is 0 Å². The van der Waals surface area contributed by atoms with Gasteiger partial charge in [0.15, 0.2) is 0 Å². The van der Waals surface area contributed by atoms with Gasteiger partial charge in [0.25, 0.3) is 0 Å². The first kappa shape index (κ1) is 22.0. The van der Waals surface area contributed by atoms with Crippen molar-refractivity contribution in [2.45, 2.75) is 40.1 Å². The summed E-state index contributed by atoms with van der Waals surface area (Å²) in [5, 5.41) is 0. The zero-order valence-corrected chi connectivity index (χ0v) is 16.2. The van der Waals surface area contributed by atoms with Crippen LogP contribution in [0.1, 0.15) is 34.6 Å². The Bertz CT molecular complexity index is 216. The molecule has 1 unspecified atom stereocenters. The second-order valence-corrected chi connectivity index (χ2v) is 7.24. The predicted molar refractivity (Wildman–Crippen MR) is 89.3 cm³/mol. The van der Waals surface area contributed by atoms with Crippen LogP contribution in [0, 0.1) is 0 Å². The largest absolute Gasteiger partial charge is 0.333 e. The van der Waals surface area contributed by atoms with Crippen molar-refractivity contribution in [3.05, 3.63) is 0 Å². The fourth-order valence-electron chi connectivity index (χ4n) is 1.14. The van der Waals surface area contributed by atoms with Crippen LogP contribution in [-0.2, 0) is 27.1 Å². The van der Waals surface area contributed by atoms with Crippen LogP contribution in [0.25, 0.3) is 0 Å². The molecule has 0 amide bonds. The van der Waals surface area contributed by atoms with Crippen molar-refractivity contribution in [2.24, 2.45) is 0 Å². The second kappa shape index (κ2) is 15.9.